The Morgan fingerprint density at radius 1 is 1.78 bits per heavy atom. The van der Waals surface area contributed by atoms with Crippen molar-refractivity contribution in [3.05, 3.63) is 0 Å². The Hall–Kier alpha value is 0.0300. The topological polar surface area (TPSA) is 83.6 Å². The van der Waals surface area contributed by atoms with E-state index in [1.807, 2.05) is 0 Å². The Bertz CT molecular complexity index is 81.5. The number of thiol groups is 1. The quantitative estimate of drug-likeness (QED) is 0.423. The average Bonchev–Trinajstić information content (AvgIpc) is 1.91. The smallest absolute Gasteiger partial charge is 0.321 e. The number of aliphatic carboxylic acids is 1. The van der Waals surface area contributed by atoms with Crippen LogP contribution in [0.3, 0.4) is 0 Å². The highest BCUT2D eigenvalue weighted by Gasteiger charge is 2.06. The molecule has 0 unspecified atom stereocenters. The van der Waals surface area contributed by atoms with Crippen LogP contribution in [0.1, 0.15) is 0 Å². The second-order valence-electron chi connectivity index (χ2n) is 1.13. The van der Waals surface area contributed by atoms with Gasteiger partial charge in [-0.25, -0.2) is 0 Å². The van der Waals surface area contributed by atoms with E-state index in [0.717, 1.165) is 0 Å². The molecule has 0 aliphatic heterocycles. The zero-order valence-corrected chi connectivity index (χ0v) is 6.14. The van der Waals surface area contributed by atoms with Crippen LogP contribution in [0.5, 0.6) is 0 Å². The zero-order valence-electron chi connectivity index (χ0n) is 4.49. The van der Waals surface area contributed by atoms with Gasteiger partial charge in [-0.3, -0.25) is 9.45 Å². The SMILES string of the molecule is N[C@@H](CS)C(=O)O.OCl. The van der Waals surface area contributed by atoms with Crippen LogP contribution >= 0.6 is 24.5 Å². The van der Waals surface area contributed by atoms with E-state index in [0.29, 0.717) is 0 Å². The van der Waals surface area contributed by atoms with E-state index in [9.17, 15) is 4.79 Å². The van der Waals surface area contributed by atoms with Crippen LogP contribution in [0, 0.1) is 0 Å². The maximum absolute atomic E-state index is 9.76. The van der Waals surface area contributed by atoms with Gasteiger partial charge in [0.05, 0.1) is 11.9 Å². The first-order valence-corrected chi connectivity index (χ1v) is 2.91. The first kappa shape index (κ1) is 11.8. The molecular weight excluding hydrogens is 166 g/mol. The summed E-state index contributed by atoms with van der Waals surface area (Å²) in [5, 5.41) is 8.01. The van der Waals surface area contributed by atoms with Crippen LogP contribution in [0.25, 0.3) is 0 Å². The van der Waals surface area contributed by atoms with Gasteiger partial charge < -0.3 is 10.8 Å². The van der Waals surface area contributed by atoms with Gasteiger partial charge in [0.1, 0.15) is 6.04 Å². The highest BCUT2D eigenvalue weighted by atomic mass is 35.5. The van der Waals surface area contributed by atoms with Crippen molar-refractivity contribution in [1.82, 2.24) is 0 Å². The molecule has 0 aliphatic carbocycles. The Kier molecular flexibility index (Phi) is 10.5. The minimum Gasteiger partial charge on any atom is -0.480 e. The summed E-state index contributed by atoms with van der Waals surface area (Å²) < 4.78 is 6.47. The van der Waals surface area contributed by atoms with E-state index in [1.54, 1.807) is 0 Å². The van der Waals surface area contributed by atoms with Gasteiger partial charge in [-0.1, -0.05) is 0 Å². The van der Waals surface area contributed by atoms with E-state index < -0.39 is 12.0 Å². The van der Waals surface area contributed by atoms with Gasteiger partial charge in [-0.2, -0.15) is 12.6 Å². The van der Waals surface area contributed by atoms with Crippen molar-refractivity contribution in [3.63, 3.8) is 0 Å². The lowest BCUT2D eigenvalue weighted by Gasteiger charge is -1.96. The number of carboxylic acids is 1. The van der Waals surface area contributed by atoms with E-state index in [2.05, 4.69) is 24.5 Å². The summed E-state index contributed by atoms with van der Waals surface area (Å²) in [4.78, 5) is 9.76. The van der Waals surface area contributed by atoms with Gasteiger partial charge >= 0.3 is 5.97 Å². The summed E-state index contributed by atoms with van der Waals surface area (Å²) in [5.74, 6) is -0.815. The van der Waals surface area contributed by atoms with Crippen LogP contribution in [0.2, 0.25) is 0 Å². The molecule has 0 radical (unpaired) electrons. The van der Waals surface area contributed by atoms with E-state index in [4.69, 9.17) is 15.5 Å². The van der Waals surface area contributed by atoms with Crippen LogP contribution < -0.4 is 5.73 Å². The molecule has 6 heteroatoms. The molecule has 0 aromatic carbocycles. The number of rotatable bonds is 2. The highest BCUT2D eigenvalue weighted by molar-refractivity contribution is 7.80. The molecule has 0 rings (SSSR count). The number of nitrogens with two attached hydrogens (primary N) is 1. The van der Waals surface area contributed by atoms with Crippen molar-refractivity contribution >= 4 is 30.5 Å². The van der Waals surface area contributed by atoms with Gasteiger partial charge in [0.2, 0.25) is 0 Å². The molecule has 0 aromatic heterocycles. The van der Waals surface area contributed by atoms with E-state index >= 15 is 0 Å². The number of hydrogen-bond acceptors (Lipinski definition) is 4. The molecule has 4 N–H and O–H groups in total. The van der Waals surface area contributed by atoms with Crippen molar-refractivity contribution in [2.75, 3.05) is 5.75 Å². The van der Waals surface area contributed by atoms with Crippen molar-refractivity contribution in [2.24, 2.45) is 5.73 Å². The fraction of sp³-hybridized carbons (Fsp3) is 0.667. The summed E-state index contributed by atoms with van der Waals surface area (Å²) in [6.45, 7) is 0. The normalized spacial score (nSPS) is 11.1. The predicted octanol–water partition coefficient (Wildman–Crippen LogP) is -0.539. The summed E-state index contributed by atoms with van der Waals surface area (Å²) in [7, 11) is 0. The van der Waals surface area contributed by atoms with Gasteiger partial charge in [-0.05, 0) is 0 Å². The molecule has 0 aliphatic rings. The fourth-order valence-corrected chi connectivity index (χ4v) is 0.234. The van der Waals surface area contributed by atoms with Gasteiger partial charge in [0.15, 0.2) is 0 Å². The zero-order chi connectivity index (χ0) is 7.86. The number of halogens is 1. The molecule has 0 fully saturated rings. The Labute approximate surface area is 63.2 Å². The monoisotopic (exact) mass is 173 g/mol. The third kappa shape index (κ3) is 8.03. The minimum absolute atomic E-state index is 0.190. The third-order valence-electron chi connectivity index (χ3n) is 0.514. The summed E-state index contributed by atoms with van der Waals surface area (Å²) in [5.41, 5.74) is 4.94. The average molecular weight is 174 g/mol. The summed E-state index contributed by atoms with van der Waals surface area (Å²) >= 11 is 7.29. The van der Waals surface area contributed by atoms with Crippen molar-refractivity contribution in [3.8, 4) is 0 Å². The van der Waals surface area contributed by atoms with Crippen LogP contribution in [0.4, 0.5) is 0 Å². The number of carboxylic acid groups (broad SMARTS) is 1. The minimum atomic E-state index is -1.00. The molecule has 0 heterocycles. The molecule has 0 saturated heterocycles. The molecule has 1 atom stereocenters. The third-order valence-corrected chi connectivity index (χ3v) is 0.907. The first-order valence-electron chi connectivity index (χ1n) is 1.94. The largest absolute Gasteiger partial charge is 0.480 e. The highest BCUT2D eigenvalue weighted by Crippen LogP contribution is 1.80. The maximum atomic E-state index is 9.76. The lowest BCUT2D eigenvalue weighted by atomic mass is 10.4. The van der Waals surface area contributed by atoms with Crippen molar-refractivity contribution in [1.29, 1.82) is 0 Å². The lowest BCUT2D eigenvalue weighted by Crippen LogP contribution is -2.31. The van der Waals surface area contributed by atoms with Crippen LogP contribution in [-0.4, -0.2) is 27.5 Å². The Morgan fingerprint density at radius 3 is 2.11 bits per heavy atom. The molecule has 4 nitrogen and oxygen atoms in total. The molecule has 9 heavy (non-hydrogen) atoms. The van der Waals surface area contributed by atoms with Crippen LogP contribution in [0.15, 0.2) is 0 Å². The first-order chi connectivity index (χ1) is 4.18. The standard InChI is InChI=1S/C3H7NO2S.ClHO/c4-2(1-7)3(5)6;1-2/h2,7H,1,4H2,(H,5,6);2H/t2-;/m0./s1. The molecule has 0 aromatic rings. The predicted molar refractivity (Wildman–Crippen MR) is 37.5 cm³/mol. The van der Waals surface area contributed by atoms with Crippen molar-refractivity contribution in [2.45, 2.75) is 6.04 Å². The van der Waals surface area contributed by atoms with Gasteiger partial charge in [0, 0.05) is 5.75 Å². The second kappa shape index (κ2) is 8.03. The number of carbonyl (C=O) groups is 1. The molecule has 0 saturated carbocycles. The summed E-state index contributed by atoms with van der Waals surface area (Å²) in [6, 6.07) is -0.816. The van der Waals surface area contributed by atoms with E-state index in [1.165, 1.54) is 0 Å². The van der Waals surface area contributed by atoms with Gasteiger partial charge in [0.25, 0.3) is 0 Å². The molecule has 0 spiro atoms. The van der Waals surface area contributed by atoms with Gasteiger partial charge in [-0.15, -0.1) is 0 Å². The van der Waals surface area contributed by atoms with Crippen LogP contribution in [-0.2, 0) is 4.79 Å². The Morgan fingerprint density at radius 2 is 2.11 bits per heavy atom. The summed E-state index contributed by atoms with van der Waals surface area (Å²) in [6.07, 6.45) is 0. The maximum Gasteiger partial charge on any atom is 0.321 e. The molecule has 0 bridgehead atoms. The van der Waals surface area contributed by atoms with E-state index in [-0.39, 0.29) is 5.75 Å². The Balaban J connectivity index is 0. The van der Waals surface area contributed by atoms with Crippen molar-refractivity contribution < 1.29 is 14.6 Å². The molecular formula is C3H8ClNO3S. The molecule has 0 amide bonds. The fourth-order valence-electron chi connectivity index (χ4n) is 0.0781. The second-order valence-corrected chi connectivity index (χ2v) is 1.49. The molecule has 56 valence electrons. The lowest BCUT2D eigenvalue weighted by molar-refractivity contribution is -0.137. The number of hydrogen-bond donors (Lipinski definition) is 4.